The average molecular weight is 215 g/mol. The van der Waals surface area contributed by atoms with Crippen LogP contribution in [0.1, 0.15) is 53.9 Å². The van der Waals surface area contributed by atoms with Crippen molar-refractivity contribution in [3.63, 3.8) is 0 Å². The van der Waals surface area contributed by atoms with Gasteiger partial charge in [0.2, 0.25) is 0 Å². The Kier molecular flexibility index (Phi) is 8.07. The molecule has 0 aromatic carbocycles. The molecule has 0 atom stereocenters. The third-order valence-electron chi connectivity index (χ3n) is 2.94. The molecule has 1 saturated heterocycles. The molecule has 2 nitrogen and oxygen atoms in total. The molecular weight excluding hydrogens is 186 g/mol. The summed E-state index contributed by atoms with van der Waals surface area (Å²) in [7, 11) is 0. The maximum atomic E-state index is 5.46. The van der Waals surface area contributed by atoms with E-state index in [0.29, 0.717) is 5.54 Å². The average Bonchev–Trinajstić information content (AvgIpc) is 2.49. The second kappa shape index (κ2) is 8.12. The fourth-order valence-corrected chi connectivity index (χ4v) is 2.12. The van der Waals surface area contributed by atoms with E-state index >= 15 is 0 Å². The fraction of sp³-hybridized carbons (Fsp3) is 1.00. The Labute approximate surface area is 96.0 Å². The first kappa shape index (κ1) is 14.9. The van der Waals surface area contributed by atoms with Gasteiger partial charge in [-0.3, -0.25) is 4.90 Å². The SMILES string of the molecule is CC.CCCC(C)(C)N1CCCOCC1. The summed E-state index contributed by atoms with van der Waals surface area (Å²) < 4.78 is 5.46. The van der Waals surface area contributed by atoms with Crippen molar-refractivity contribution in [3.05, 3.63) is 0 Å². The van der Waals surface area contributed by atoms with Gasteiger partial charge in [0.15, 0.2) is 0 Å². The molecule has 0 spiro atoms. The normalized spacial score (nSPS) is 19.0. The second-order valence-electron chi connectivity index (χ2n) is 4.52. The maximum Gasteiger partial charge on any atom is 0.0593 e. The van der Waals surface area contributed by atoms with Gasteiger partial charge in [-0.1, -0.05) is 27.2 Å². The summed E-state index contributed by atoms with van der Waals surface area (Å²) in [5.41, 5.74) is 0.364. The van der Waals surface area contributed by atoms with Crippen LogP contribution < -0.4 is 0 Å². The Morgan fingerprint density at radius 1 is 1.13 bits per heavy atom. The number of nitrogens with zero attached hydrogens (tertiary/aromatic N) is 1. The first-order chi connectivity index (χ1) is 7.17. The van der Waals surface area contributed by atoms with Crippen molar-refractivity contribution in [2.24, 2.45) is 0 Å². The third-order valence-corrected chi connectivity index (χ3v) is 2.94. The van der Waals surface area contributed by atoms with E-state index in [1.165, 1.54) is 25.8 Å². The summed E-state index contributed by atoms with van der Waals surface area (Å²) in [4.78, 5) is 2.57. The van der Waals surface area contributed by atoms with Crippen LogP contribution in [0.25, 0.3) is 0 Å². The van der Waals surface area contributed by atoms with E-state index in [1.54, 1.807) is 0 Å². The van der Waals surface area contributed by atoms with Gasteiger partial charge in [0.25, 0.3) is 0 Å². The Balaban J connectivity index is 0.000000921. The lowest BCUT2D eigenvalue weighted by molar-refractivity contribution is 0.0942. The summed E-state index contributed by atoms with van der Waals surface area (Å²) in [5, 5.41) is 0. The first-order valence-electron chi connectivity index (χ1n) is 6.49. The summed E-state index contributed by atoms with van der Waals surface area (Å²) in [6.45, 7) is 15.1. The van der Waals surface area contributed by atoms with E-state index in [9.17, 15) is 0 Å². The Morgan fingerprint density at radius 3 is 2.40 bits per heavy atom. The Hall–Kier alpha value is -0.0800. The molecule has 2 heteroatoms. The van der Waals surface area contributed by atoms with Crippen LogP contribution in [-0.2, 0) is 4.74 Å². The number of rotatable bonds is 3. The molecule has 1 heterocycles. The molecule has 0 unspecified atom stereocenters. The number of ether oxygens (including phenoxy) is 1. The lowest BCUT2D eigenvalue weighted by atomic mass is 9.96. The molecule has 0 aromatic heterocycles. The quantitative estimate of drug-likeness (QED) is 0.716. The highest BCUT2D eigenvalue weighted by Crippen LogP contribution is 2.21. The Morgan fingerprint density at radius 2 is 1.80 bits per heavy atom. The van der Waals surface area contributed by atoms with E-state index in [0.717, 1.165) is 19.8 Å². The van der Waals surface area contributed by atoms with Gasteiger partial charge in [0.05, 0.1) is 6.61 Å². The van der Waals surface area contributed by atoms with Gasteiger partial charge >= 0.3 is 0 Å². The number of hydrogen-bond acceptors (Lipinski definition) is 2. The molecule has 1 rings (SSSR count). The topological polar surface area (TPSA) is 12.5 Å². The molecule has 0 saturated carbocycles. The molecule has 92 valence electrons. The van der Waals surface area contributed by atoms with Crippen molar-refractivity contribution in [1.29, 1.82) is 0 Å². The first-order valence-corrected chi connectivity index (χ1v) is 6.49. The smallest absolute Gasteiger partial charge is 0.0593 e. The van der Waals surface area contributed by atoms with Gasteiger partial charge in [0.1, 0.15) is 0 Å². The third kappa shape index (κ3) is 5.53. The fourth-order valence-electron chi connectivity index (χ4n) is 2.12. The molecule has 0 aliphatic carbocycles. The van der Waals surface area contributed by atoms with E-state index < -0.39 is 0 Å². The van der Waals surface area contributed by atoms with Crippen LogP contribution in [0.2, 0.25) is 0 Å². The van der Waals surface area contributed by atoms with Gasteiger partial charge in [-0.2, -0.15) is 0 Å². The molecule has 1 aliphatic rings. The minimum atomic E-state index is 0.364. The molecular formula is C13H29NO. The van der Waals surface area contributed by atoms with Crippen molar-refractivity contribution in [2.75, 3.05) is 26.3 Å². The largest absolute Gasteiger partial charge is 0.380 e. The monoisotopic (exact) mass is 215 g/mol. The van der Waals surface area contributed by atoms with Crippen LogP contribution in [-0.4, -0.2) is 36.7 Å². The second-order valence-corrected chi connectivity index (χ2v) is 4.52. The van der Waals surface area contributed by atoms with Crippen LogP contribution in [0.4, 0.5) is 0 Å². The lowest BCUT2D eigenvalue weighted by Crippen LogP contribution is -2.45. The molecule has 0 radical (unpaired) electrons. The molecule has 0 amide bonds. The van der Waals surface area contributed by atoms with Crippen LogP contribution in [0.3, 0.4) is 0 Å². The summed E-state index contributed by atoms with van der Waals surface area (Å²) in [6, 6.07) is 0. The minimum absolute atomic E-state index is 0.364. The van der Waals surface area contributed by atoms with Gasteiger partial charge in [-0.05, 0) is 26.7 Å². The summed E-state index contributed by atoms with van der Waals surface area (Å²) in [5.74, 6) is 0. The van der Waals surface area contributed by atoms with Crippen LogP contribution in [0.15, 0.2) is 0 Å². The van der Waals surface area contributed by atoms with Crippen molar-refractivity contribution < 1.29 is 4.74 Å². The zero-order valence-corrected chi connectivity index (χ0v) is 11.3. The van der Waals surface area contributed by atoms with Gasteiger partial charge in [-0.25, -0.2) is 0 Å². The molecule has 0 N–H and O–H groups in total. The highest BCUT2D eigenvalue weighted by Gasteiger charge is 2.25. The molecule has 0 aromatic rings. The molecule has 0 bridgehead atoms. The predicted molar refractivity (Wildman–Crippen MR) is 67.3 cm³/mol. The highest BCUT2D eigenvalue weighted by atomic mass is 16.5. The summed E-state index contributed by atoms with van der Waals surface area (Å²) >= 11 is 0. The van der Waals surface area contributed by atoms with Crippen molar-refractivity contribution in [2.45, 2.75) is 59.4 Å². The predicted octanol–water partition coefficient (Wildman–Crippen LogP) is 3.31. The zero-order chi connectivity index (χ0) is 11.7. The van der Waals surface area contributed by atoms with Crippen molar-refractivity contribution >= 4 is 0 Å². The van der Waals surface area contributed by atoms with Crippen LogP contribution in [0, 0.1) is 0 Å². The van der Waals surface area contributed by atoms with Gasteiger partial charge in [0, 0.05) is 25.2 Å². The molecule has 1 aliphatic heterocycles. The van der Waals surface area contributed by atoms with Gasteiger partial charge < -0.3 is 4.74 Å². The minimum Gasteiger partial charge on any atom is -0.380 e. The lowest BCUT2D eigenvalue weighted by Gasteiger charge is -2.37. The van der Waals surface area contributed by atoms with Crippen LogP contribution in [0.5, 0.6) is 0 Å². The zero-order valence-electron chi connectivity index (χ0n) is 11.3. The maximum absolute atomic E-state index is 5.46. The Bertz CT molecular complexity index is 137. The van der Waals surface area contributed by atoms with E-state index in [4.69, 9.17) is 4.74 Å². The van der Waals surface area contributed by atoms with Gasteiger partial charge in [-0.15, -0.1) is 0 Å². The van der Waals surface area contributed by atoms with E-state index in [-0.39, 0.29) is 0 Å². The van der Waals surface area contributed by atoms with E-state index in [2.05, 4.69) is 25.7 Å². The molecule has 15 heavy (non-hydrogen) atoms. The highest BCUT2D eigenvalue weighted by molar-refractivity contribution is 4.81. The standard InChI is InChI=1S/C11H23NO.C2H6/c1-4-6-11(2,3)12-7-5-9-13-10-8-12;1-2/h4-10H2,1-3H3;1-2H3. The molecule has 1 fully saturated rings. The van der Waals surface area contributed by atoms with Crippen molar-refractivity contribution in [1.82, 2.24) is 4.90 Å². The number of hydrogen-bond donors (Lipinski definition) is 0. The van der Waals surface area contributed by atoms with Crippen LogP contribution >= 0.6 is 0 Å². The van der Waals surface area contributed by atoms with Crippen molar-refractivity contribution in [3.8, 4) is 0 Å². The van der Waals surface area contributed by atoms with E-state index in [1.807, 2.05) is 13.8 Å². The summed E-state index contributed by atoms with van der Waals surface area (Å²) in [6.07, 6.45) is 3.74.